The Labute approximate surface area is 74.2 Å². The molecular formula is C11H15N. The van der Waals surface area contributed by atoms with Crippen LogP contribution in [0.4, 0.5) is 0 Å². The van der Waals surface area contributed by atoms with Crippen molar-refractivity contribution in [3.05, 3.63) is 36.1 Å². The van der Waals surface area contributed by atoms with Crippen molar-refractivity contribution < 1.29 is 0 Å². The minimum atomic E-state index is 1.07. The molecule has 12 heavy (non-hydrogen) atoms. The first-order chi connectivity index (χ1) is 5.75. The second kappa shape index (κ2) is 4.05. The van der Waals surface area contributed by atoms with Gasteiger partial charge in [-0.15, -0.1) is 0 Å². The molecule has 0 aromatic carbocycles. The number of rotatable bonds is 2. The Kier molecular flexibility index (Phi) is 3.03. The Balaban J connectivity index is 2.87. The van der Waals surface area contributed by atoms with E-state index in [2.05, 4.69) is 30.6 Å². The van der Waals surface area contributed by atoms with Crippen LogP contribution in [0.5, 0.6) is 0 Å². The van der Waals surface area contributed by atoms with Crippen LogP contribution in [-0.4, -0.2) is 5.71 Å². The Morgan fingerprint density at radius 3 is 2.75 bits per heavy atom. The van der Waals surface area contributed by atoms with E-state index in [0.29, 0.717) is 0 Å². The van der Waals surface area contributed by atoms with Crippen LogP contribution < -0.4 is 0 Å². The molecule has 0 atom stereocenters. The van der Waals surface area contributed by atoms with Gasteiger partial charge in [-0.1, -0.05) is 18.7 Å². The van der Waals surface area contributed by atoms with E-state index in [4.69, 9.17) is 0 Å². The van der Waals surface area contributed by atoms with Gasteiger partial charge in [-0.25, -0.2) is 0 Å². The van der Waals surface area contributed by atoms with Crippen LogP contribution in [0.2, 0.25) is 0 Å². The summed E-state index contributed by atoms with van der Waals surface area (Å²) in [6.07, 6.45) is 8.40. The van der Waals surface area contributed by atoms with Gasteiger partial charge in [-0.3, -0.25) is 4.99 Å². The second-order valence-electron chi connectivity index (χ2n) is 2.98. The topological polar surface area (TPSA) is 12.4 Å². The molecule has 0 spiro atoms. The largest absolute Gasteiger partial charge is 0.262 e. The molecule has 0 unspecified atom stereocenters. The van der Waals surface area contributed by atoms with E-state index in [1.807, 2.05) is 6.92 Å². The van der Waals surface area contributed by atoms with Crippen LogP contribution in [0.25, 0.3) is 0 Å². The van der Waals surface area contributed by atoms with Crippen LogP contribution in [0.15, 0.2) is 41.1 Å². The zero-order valence-corrected chi connectivity index (χ0v) is 7.80. The van der Waals surface area contributed by atoms with Crippen LogP contribution >= 0.6 is 0 Å². The molecule has 0 fully saturated rings. The van der Waals surface area contributed by atoms with Crippen molar-refractivity contribution in [2.75, 3.05) is 0 Å². The predicted molar refractivity (Wildman–Crippen MR) is 54.4 cm³/mol. The molecule has 0 bridgehead atoms. The summed E-state index contributed by atoms with van der Waals surface area (Å²) in [5, 5.41) is 0. The minimum Gasteiger partial charge on any atom is -0.262 e. The molecular weight excluding hydrogens is 146 g/mol. The van der Waals surface area contributed by atoms with Gasteiger partial charge < -0.3 is 0 Å². The molecule has 1 aliphatic rings. The first-order valence-corrected chi connectivity index (χ1v) is 4.28. The van der Waals surface area contributed by atoms with Crippen molar-refractivity contribution >= 4 is 5.71 Å². The highest BCUT2D eigenvalue weighted by molar-refractivity contribution is 6.02. The summed E-state index contributed by atoms with van der Waals surface area (Å²) in [7, 11) is 0. The Bertz CT molecular complexity index is 267. The average molecular weight is 161 g/mol. The van der Waals surface area contributed by atoms with Crippen molar-refractivity contribution in [2.24, 2.45) is 4.99 Å². The van der Waals surface area contributed by atoms with Gasteiger partial charge in [0.2, 0.25) is 0 Å². The number of nitrogens with zero attached hydrogens (tertiary/aromatic N) is 1. The summed E-state index contributed by atoms with van der Waals surface area (Å²) in [6, 6.07) is 0. The van der Waals surface area contributed by atoms with Crippen molar-refractivity contribution in [1.29, 1.82) is 0 Å². The molecule has 0 saturated carbocycles. The zero-order chi connectivity index (χ0) is 8.97. The lowest BCUT2D eigenvalue weighted by molar-refractivity contribution is 1.00. The maximum atomic E-state index is 4.17. The lowest BCUT2D eigenvalue weighted by Gasteiger charge is -2.11. The molecule has 64 valence electrons. The first kappa shape index (κ1) is 8.98. The van der Waals surface area contributed by atoms with E-state index >= 15 is 0 Å². The van der Waals surface area contributed by atoms with E-state index in [9.17, 15) is 0 Å². The molecule has 0 saturated heterocycles. The van der Waals surface area contributed by atoms with Gasteiger partial charge >= 0.3 is 0 Å². The molecule has 1 heteroatoms. The fraction of sp³-hybridized carbons (Fsp3) is 0.364. The molecule has 1 nitrogen and oxygen atoms in total. The smallest absolute Gasteiger partial charge is 0.0443 e. The number of hydrogen-bond acceptors (Lipinski definition) is 1. The van der Waals surface area contributed by atoms with Crippen molar-refractivity contribution in [3.63, 3.8) is 0 Å². The van der Waals surface area contributed by atoms with E-state index in [-0.39, 0.29) is 0 Å². The third kappa shape index (κ3) is 1.94. The number of hydrogen-bond donors (Lipinski definition) is 0. The molecule has 0 aliphatic heterocycles. The summed E-state index contributed by atoms with van der Waals surface area (Å²) >= 11 is 0. The van der Waals surface area contributed by atoms with Crippen LogP contribution in [0, 0.1) is 0 Å². The highest BCUT2D eigenvalue weighted by atomic mass is 14.7. The molecule has 0 N–H and O–H groups in total. The Hall–Kier alpha value is -1.11. The second-order valence-corrected chi connectivity index (χ2v) is 2.98. The molecule has 0 aromatic rings. The van der Waals surface area contributed by atoms with Gasteiger partial charge in [-0.05, 0) is 37.8 Å². The van der Waals surface area contributed by atoms with Crippen LogP contribution in [0.3, 0.4) is 0 Å². The summed E-state index contributed by atoms with van der Waals surface area (Å²) in [5.41, 5.74) is 3.68. The summed E-state index contributed by atoms with van der Waals surface area (Å²) in [6.45, 7) is 7.74. The third-order valence-electron chi connectivity index (χ3n) is 2.07. The molecule has 0 heterocycles. The van der Waals surface area contributed by atoms with Gasteiger partial charge in [-0.2, -0.15) is 0 Å². The number of allylic oxidation sites excluding steroid dienone is 4. The molecule has 0 amide bonds. The van der Waals surface area contributed by atoms with E-state index in [1.54, 1.807) is 6.20 Å². The molecule has 1 rings (SSSR count). The maximum absolute atomic E-state index is 4.17. The van der Waals surface area contributed by atoms with Crippen LogP contribution in [0.1, 0.15) is 26.7 Å². The van der Waals surface area contributed by atoms with Crippen LogP contribution in [-0.2, 0) is 0 Å². The zero-order valence-electron chi connectivity index (χ0n) is 7.80. The van der Waals surface area contributed by atoms with Crippen molar-refractivity contribution in [1.82, 2.24) is 0 Å². The minimum absolute atomic E-state index is 1.07. The lowest BCUT2D eigenvalue weighted by Crippen LogP contribution is -2.01. The summed E-state index contributed by atoms with van der Waals surface area (Å²) in [4.78, 5) is 4.17. The maximum Gasteiger partial charge on any atom is 0.0443 e. The van der Waals surface area contributed by atoms with E-state index < -0.39 is 0 Å². The fourth-order valence-electron chi connectivity index (χ4n) is 1.44. The van der Waals surface area contributed by atoms with Gasteiger partial charge in [0.05, 0.1) is 0 Å². The lowest BCUT2D eigenvalue weighted by atomic mass is 9.96. The quantitative estimate of drug-likeness (QED) is 0.551. The van der Waals surface area contributed by atoms with Gasteiger partial charge in [0, 0.05) is 11.9 Å². The normalized spacial score (nSPS) is 18.3. The van der Waals surface area contributed by atoms with Gasteiger partial charge in [0.15, 0.2) is 0 Å². The molecule has 0 aromatic heterocycles. The first-order valence-electron chi connectivity index (χ1n) is 4.28. The highest BCUT2D eigenvalue weighted by Crippen LogP contribution is 2.19. The fourth-order valence-corrected chi connectivity index (χ4v) is 1.44. The monoisotopic (exact) mass is 161 g/mol. The van der Waals surface area contributed by atoms with E-state index in [1.165, 1.54) is 11.1 Å². The number of aliphatic imine (C=N–C) groups is 1. The molecule has 0 radical (unpaired) electrons. The molecule has 1 aliphatic carbocycles. The SMILES string of the molecule is C=C/N=C(\C)C1=CCCC=C1C. The third-order valence-corrected chi connectivity index (χ3v) is 2.07. The Morgan fingerprint density at radius 1 is 1.50 bits per heavy atom. The van der Waals surface area contributed by atoms with Gasteiger partial charge in [0.25, 0.3) is 0 Å². The summed E-state index contributed by atoms with van der Waals surface area (Å²) < 4.78 is 0. The summed E-state index contributed by atoms with van der Waals surface area (Å²) in [5.74, 6) is 0. The highest BCUT2D eigenvalue weighted by Gasteiger charge is 2.06. The average Bonchev–Trinajstić information content (AvgIpc) is 2.05. The van der Waals surface area contributed by atoms with Crippen molar-refractivity contribution in [3.8, 4) is 0 Å². The standard InChI is InChI=1S/C11H15N/c1-4-12-10(3)11-8-6-5-7-9(11)2/h4,7-8H,1,5-6H2,2-3H3/b12-10+. The predicted octanol–water partition coefficient (Wildman–Crippen LogP) is 3.26. The Morgan fingerprint density at radius 2 is 2.17 bits per heavy atom. The van der Waals surface area contributed by atoms with Gasteiger partial charge in [0.1, 0.15) is 0 Å². The van der Waals surface area contributed by atoms with Crippen molar-refractivity contribution in [2.45, 2.75) is 26.7 Å². The van der Waals surface area contributed by atoms with E-state index in [0.717, 1.165) is 18.6 Å².